The molecule has 0 unspecified atom stereocenters. The van der Waals surface area contributed by atoms with E-state index in [0.717, 1.165) is 18.7 Å². The molecule has 0 fully saturated rings. The lowest BCUT2D eigenvalue weighted by atomic mass is 10.2. The highest BCUT2D eigenvalue weighted by Crippen LogP contribution is 2.23. The largest absolute Gasteiger partial charge is 0.375 e. The lowest BCUT2D eigenvalue weighted by Gasteiger charge is -2.19. The maximum atomic E-state index is 12.1. The first-order valence-corrected chi connectivity index (χ1v) is 9.07. The van der Waals surface area contributed by atoms with Crippen LogP contribution in [0.3, 0.4) is 0 Å². The zero-order valence-electron chi connectivity index (χ0n) is 15.0. The van der Waals surface area contributed by atoms with E-state index in [1.54, 1.807) is 6.07 Å². The Labute approximate surface area is 162 Å². The molecule has 0 saturated carbocycles. The number of benzene rings is 2. The van der Waals surface area contributed by atoms with Crippen molar-refractivity contribution in [3.8, 4) is 11.4 Å². The summed E-state index contributed by atoms with van der Waals surface area (Å²) in [6, 6.07) is 17.4. The number of nitrogens with one attached hydrogen (secondary N) is 1. The first-order chi connectivity index (χ1) is 13.1. The fraction of sp³-hybridized carbons (Fsp3) is 0.263. The van der Waals surface area contributed by atoms with Gasteiger partial charge in [0.25, 0.3) is 0 Å². The molecule has 140 valence electrons. The molecule has 0 spiro atoms. The number of amides is 1. The van der Waals surface area contributed by atoms with Gasteiger partial charge in [0, 0.05) is 31.4 Å². The van der Waals surface area contributed by atoms with E-state index in [9.17, 15) is 4.79 Å². The van der Waals surface area contributed by atoms with Gasteiger partial charge in [0.2, 0.25) is 11.7 Å². The van der Waals surface area contributed by atoms with Crippen LogP contribution in [0.4, 0.5) is 5.69 Å². The molecule has 0 aliphatic carbocycles. The Kier molecular flexibility index (Phi) is 6.38. The summed E-state index contributed by atoms with van der Waals surface area (Å²) >= 11 is 6.13. The highest BCUT2D eigenvalue weighted by atomic mass is 35.5. The van der Waals surface area contributed by atoms with E-state index in [1.807, 2.05) is 43.4 Å². The lowest BCUT2D eigenvalue weighted by molar-refractivity contribution is -0.122. The van der Waals surface area contributed by atoms with Crippen molar-refractivity contribution in [1.82, 2.24) is 25.5 Å². The predicted octanol–water partition coefficient (Wildman–Crippen LogP) is 2.64. The van der Waals surface area contributed by atoms with Crippen molar-refractivity contribution in [1.29, 1.82) is 0 Å². The van der Waals surface area contributed by atoms with Crippen LogP contribution in [0.15, 0.2) is 54.6 Å². The Morgan fingerprint density at radius 1 is 1.15 bits per heavy atom. The molecule has 8 heteroatoms. The van der Waals surface area contributed by atoms with Crippen LogP contribution in [-0.2, 0) is 11.3 Å². The minimum absolute atomic E-state index is 0.0198. The van der Waals surface area contributed by atoms with E-state index in [2.05, 4.69) is 37.8 Å². The first-order valence-electron chi connectivity index (χ1n) is 8.69. The van der Waals surface area contributed by atoms with Crippen LogP contribution in [0, 0.1) is 0 Å². The van der Waals surface area contributed by atoms with Crippen molar-refractivity contribution < 1.29 is 4.79 Å². The number of hydrogen-bond acceptors (Lipinski definition) is 5. The molecule has 1 amide bonds. The number of aromatic nitrogens is 4. The molecular formula is C19H21ClN6O. The number of hydrogen-bond donors (Lipinski definition) is 1. The second-order valence-corrected chi connectivity index (χ2v) is 6.49. The topological polar surface area (TPSA) is 75.9 Å². The van der Waals surface area contributed by atoms with Crippen molar-refractivity contribution in [2.24, 2.45) is 0 Å². The van der Waals surface area contributed by atoms with Crippen LogP contribution < -0.4 is 10.2 Å². The number of carbonyl (C=O) groups excluding carboxylic acids is 1. The van der Waals surface area contributed by atoms with E-state index in [1.165, 1.54) is 4.80 Å². The Bertz CT molecular complexity index is 883. The third-order valence-corrected chi connectivity index (χ3v) is 4.37. The van der Waals surface area contributed by atoms with E-state index in [4.69, 9.17) is 11.6 Å². The molecule has 0 saturated heterocycles. The van der Waals surface area contributed by atoms with Crippen molar-refractivity contribution >= 4 is 23.2 Å². The Balaban J connectivity index is 1.43. The average molecular weight is 385 g/mol. The lowest BCUT2D eigenvalue weighted by Crippen LogP contribution is -2.31. The second kappa shape index (κ2) is 9.14. The Morgan fingerprint density at radius 2 is 1.89 bits per heavy atom. The van der Waals surface area contributed by atoms with Crippen molar-refractivity contribution in [2.45, 2.75) is 13.0 Å². The van der Waals surface area contributed by atoms with Gasteiger partial charge in [0.05, 0.1) is 5.02 Å². The third kappa shape index (κ3) is 5.27. The summed E-state index contributed by atoms with van der Waals surface area (Å²) in [5.41, 5.74) is 1.84. The van der Waals surface area contributed by atoms with Gasteiger partial charge in [0.15, 0.2) is 0 Å². The second-order valence-electron chi connectivity index (χ2n) is 6.08. The maximum absolute atomic E-state index is 12.1. The minimum Gasteiger partial charge on any atom is -0.375 e. The molecule has 0 atom stereocenters. The molecule has 3 rings (SSSR count). The third-order valence-electron chi connectivity index (χ3n) is 4.04. The van der Waals surface area contributed by atoms with Crippen LogP contribution in [0.5, 0.6) is 0 Å². The molecule has 1 heterocycles. The molecule has 2 aromatic carbocycles. The van der Waals surface area contributed by atoms with E-state index >= 15 is 0 Å². The fourth-order valence-electron chi connectivity index (χ4n) is 2.60. The molecule has 7 nitrogen and oxygen atoms in total. The normalized spacial score (nSPS) is 10.6. The molecule has 0 aliphatic rings. The smallest absolute Gasteiger partial charge is 0.243 e. The monoisotopic (exact) mass is 384 g/mol. The van der Waals surface area contributed by atoms with Crippen LogP contribution >= 0.6 is 11.6 Å². The van der Waals surface area contributed by atoms with Crippen molar-refractivity contribution in [2.75, 3.05) is 25.0 Å². The summed E-state index contributed by atoms with van der Waals surface area (Å²) in [6.45, 7) is 1.45. The molecule has 1 aromatic heterocycles. The zero-order valence-corrected chi connectivity index (χ0v) is 15.8. The number of tetrazole rings is 1. The van der Waals surface area contributed by atoms with Crippen LogP contribution in [-0.4, -0.2) is 46.3 Å². The summed E-state index contributed by atoms with van der Waals surface area (Å²) in [5, 5.41) is 15.5. The van der Waals surface area contributed by atoms with Gasteiger partial charge in [-0.05, 0) is 35.9 Å². The average Bonchev–Trinajstić information content (AvgIpc) is 3.14. The fourth-order valence-corrected chi connectivity index (χ4v) is 2.82. The molecule has 3 aromatic rings. The molecule has 1 N–H and O–H groups in total. The van der Waals surface area contributed by atoms with Gasteiger partial charge in [-0.25, -0.2) is 0 Å². The highest BCUT2D eigenvalue weighted by Gasteiger charge is 2.11. The molecular weight excluding hydrogens is 364 g/mol. The number of anilines is 1. The van der Waals surface area contributed by atoms with Crippen LogP contribution in [0.1, 0.15) is 6.42 Å². The standard InChI is InChI=1S/C19H21ClN6O/c1-25(15-8-3-2-4-9-15)13-7-12-21-18(27)14-26-23-19(22-24-26)16-10-5-6-11-17(16)20/h2-6,8-11H,7,12-14H2,1H3,(H,21,27). The van der Waals surface area contributed by atoms with Gasteiger partial charge >= 0.3 is 0 Å². The number of rotatable bonds is 8. The SMILES string of the molecule is CN(CCCNC(=O)Cn1nnc(-c2ccccc2Cl)n1)c1ccccc1. The molecule has 0 aliphatic heterocycles. The quantitative estimate of drug-likeness (QED) is 0.604. The predicted molar refractivity (Wildman–Crippen MR) is 106 cm³/mol. The molecule has 0 radical (unpaired) electrons. The molecule has 0 bridgehead atoms. The van der Waals surface area contributed by atoms with E-state index < -0.39 is 0 Å². The van der Waals surface area contributed by atoms with Crippen LogP contribution in [0.2, 0.25) is 5.02 Å². The number of para-hydroxylation sites is 1. The highest BCUT2D eigenvalue weighted by molar-refractivity contribution is 6.33. The summed E-state index contributed by atoms with van der Waals surface area (Å²) < 4.78 is 0. The Hall–Kier alpha value is -2.93. The van der Waals surface area contributed by atoms with Crippen molar-refractivity contribution in [3.05, 3.63) is 59.6 Å². The van der Waals surface area contributed by atoms with Gasteiger partial charge < -0.3 is 10.2 Å². The minimum atomic E-state index is -0.152. The maximum Gasteiger partial charge on any atom is 0.243 e. The van der Waals surface area contributed by atoms with Crippen molar-refractivity contribution in [3.63, 3.8) is 0 Å². The summed E-state index contributed by atoms with van der Waals surface area (Å²) in [6.07, 6.45) is 0.840. The Morgan fingerprint density at radius 3 is 2.67 bits per heavy atom. The summed E-state index contributed by atoms with van der Waals surface area (Å²) in [7, 11) is 2.03. The van der Waals surface area contributed by atoms with Gasteiger partial charge in [-0.15, -0.1) is 10.2 Å². The summed E-state index contributed by atoms with van der Waals surface area (Å²) in [5.74, 6) is 0.248. The van der Waals surface area contributed by atoms with Gasteiger partial charge in [-0.2, -0.15) is 4.80 Å². The number of halogens is 1. The first kappa shape index (κ1) is 18.8. The van der Waals surface area contributed by atoms with Crippen LogP contribution in [0.25, 0.3) is 11.4 Å². The van der Waals surface area contributed by atoms with E-state index in [-0.39, 0.29) is 12.5 Å². The van der Waals surface area contributed by atoms with Gasteiger partial charge in [-0.3, -0.25) is 4.79 Å². The van der Waals surface area contributed by atoms with E-state index in [0.29, 0.717) is 23.0 Å². The summed E-state index contributed by atoms with van der Waals surface area (Å²) in [4.78, 5) is 15.5. The van der Waals surface area contributed by atoms with Gasteiger partial charge in [0.1, 0.15) is 6.54 Å². The number of carbonyl (C=O) groups is 1. The zero-order chi connectivity index (χ0) is 19.1. The van der Waals surface area contributed by atoms with Gasteiger partial charge in [-0.1, -0.05) is 41.9 Å². The molecule has 27 heavy (non-hydrogen) atoms. The number of nitrogens with zero attached hydrogens (tertiary/aromatic N) is 5.